The molecule has 0 aromatic carbocycles. The van der Waals surface area contributed by atoms with E-state index in [2.05, 4.69) is 57.7 Å². The first kappa shape index (κ1) is 19.7. The minimum atomic E-state index is 0.157. The van der Waals surface area contributed by atoms with Gasteiger partial charge in [-0.3, -0.25) is 9.97 Å². The molecule has 2 aromatic rings. The van der Waals surface area contributed by atoms with E-state index in [9.17, 15) is 5.11 Å². The minimum Gasteiger partial charge on any atom is -0.512 e. The molecule has 0 fully saturated rings. The van der Waals surface area contributed by atoms with E-state index in [-0.39, 0.29) is 5.76 Å². The fourth-order valence-electron chi connectivity index (χ4n) is 3.68. The molecule has 2 aromatic heterocycles. The van der Waals surface area contributed by atoms with Gasteiger partial charge in [-0.05, 0) is 79.0 Å². The van der Waals surface area contributed by atoms with E-state index in [1.807, 2.05) is 18.3 Å². The van der Waals surface area contributed by atoms with Gasteiger partial charge in [0, 0.05) is 44.4 Å². The van der Waals surface area contributed by atoms with Gasteiger partial charge in [-0.2, -0.15) is 0 Å². The second kappa shape index (κ2) is 8.33. The van der Waals surface area contributed by atoms with Gasteiger partial charge in [0.15, 0.2) is 0 Å². The summed E-state index contributed by atoms with van der Waals surface area (Å²) >= 11 is 2.37. The van der Waals surface area contributed by atoms with Crippen LogP contribution in [0.25, 0.3) is 9.15 Å². The smallest absolute Gasteiger partial charge is 0.0988 e. The van der Waals surface area contributed by atoms with Crippen LogP contribution in [0.2, 0.25) is 0 Å². The van der Waals surface area contributed by atoms with E-state index in [4.69, 9.17) is 5.41 Å². The van der Waals surface area contributed by atoms with Crippen molar-refractivity contribution >= 4 is 37.5 Å². The Kier molecular flexibility index (Phi) is 6.09. The van der Waals surface area contributed by atoms with Crippen LogP contribution in [0.15, 0.2) is 48.5 Å². The number of nitrogens with zero attached hydrogens (tertiary/aromatic N) is 2. The highest BCUT2D eigenvalue weighted by atomic mass is 127. The summed E-state index contributed by atoms with van der Waals surface area (Å²) in [6, 6.07) is 8.16. The van der Waals surface area contributed by atoms with Gasteiger partial charge in [-0.15, -0.1) is 0 Å². The highest BCUT2D eigenvalue weighted by Crippen LogP contribution is 2.37. The molecule has 0 spiro atoms. The van der Waals surface area contributed by atoms with Crippen molar-refractivity contribution in [3.05, 3.63) is 71.0 Å². The lowest BCUT2D eigenvalue weighted by Crippen LogP contribution is -2.09. The van der Waals surface area contributed by atoms with Crippen LogP contribution in [-0.4, -0.2) is 20.8 Å². The van der Waals surface area contributed by atoms with E-state index in [1.54, 1.807) is 20.0 Å². The number of aliphatic hydroxyl groups is 1. The van der Waals surface area contributed by atoms with Gasteiger partial charge in [-0.25, -0.2) is 0 Å². The van der Waals surface area contributed by atoms with E-state index < -0.39 is 0 Å². The molecular formula is C22H24IN3O. The van der Waals surface area contributed by atoms with Crippen LogP contribution in [-0.2, 0) is 6.42 Å². The third-order valence-corrected chi connectivity index (χ3v) is 5.99. The summed E-state index contributed by atoms with van der Waals surface area (Å²) in [7, 11) is 0. The number of fused-ring (bicyclic) bond motifs is 1. The van der Waals surface area contributed by atoms with Crippen molar-refractivity contribution in [1.29, 1.82) is 5.41 Å². The molecule has 2 heterocycles. The number of nitrogens with one attached hydrogen (secondary N) is 1. The third kappa shape index (κ3) is 4.29. The number of hydrogen-bond acceptors (Lipinski definition) is 4. The largest absolute Gasteiger partial charge is 0.512 e. The summed E-state index contributed by atoms with van der Waals surface area (Å²) in [5, 5.41) is 17.9. The van der Waals surface area contributed by atoms with Crippen molar-refractivity contribution in [1.82, 2.24) is 9.97 Å². The average molecular weight is 473 g/mol. The lowest BCUT2D eigenvalue weighted by molar-refractivity contribution is 0.418. The standard InChI is InChI=1S/C22H24IN3O/c1-13(20-6-4-5-9-25-20)16-7-8-17-10-18(21(14(2)24)15(3)27)12-26-22(17)19(23)11-16/h4-6,9-13,16,24,27H,7-8H2,1-3H3/b21-15+,24-14?/t13-,16?/m1/s1. The van der Waals surface area contributed by atoms with Crippen LogP contribution in [0.1, 0.15) is 55.6 Å². The molecule has 1 aliphatic carbocycles. The highest BCUT2D eigenvalue weighted by molar-refractivity contribution is 14.1. The number of pyridine rings is 2. The summed E-state index contributed by atoms with van der Waals surface area (Å²) in [4.78, 5) is 9.21. The number of aliphatic hydroxyl groups excluding tert-OH is 1. The lowest BCUT2D eigenvalue weighted by Gasteiger charge is -2.19. The highest BCUT2D eigenvalue weighted by Gasteiger charge is 2.24. The van der Waals surface area contributed by atoms with Crippen molar-refractivity contribution < 1.29 is 5.11 Å². The molecule has 1 aliphatic rings. The third-order valence-electron chi connectivity index (χ3n) is 5.12. The van der Waals surface area contributed by atoms with E-state index in [1.165, 1.54) is 5.56 Å². The van der Waals surface area contributed by atoms with Gasteiger partial charge < -0.3 is 10.5 Å². The average Bonchev–Trinajstić information content (AvgIpc) is 2.80. The summed E-state index contributed by atoms with van der Waals surface area (Å²) in [5.74, 6) is 0.886. The number of rotatable bonds is 4. The predicted octanol–water partition coefficient (Wildman–Crippen LogP) is 5.95. The van der Waals surface area contributed by atoms with E-state index in [0.717, 1.165) is 33.4 Å². The zero-order chi connectivity index (χ0) is 19.6. The van der Waals surface area contributed by atoms with Gasteiger partial charge >= 0.3 is 0 Å². The monoisotopic (exact) mass is 473 g/mol. The number of halogens is 1. The second-order valence-corrected chi connectivity index (χ2v) is 8.24. The quantitative estimate of drug-likeness (QED) is 0.328. The molecule has 2 atom stereocenters. The predicted molar refractivity (Wildman–Crippen MR) is 119 cm³/mol. The minimum absolute atomic E-state index is 0.157. The maximum absolute atomic E-state index is 9.98. The van der Waals surface area contributed by atoms with Gasteiger partial charge in [0.25, 0.3) is 0 Å². The van der Waals surface area contributed by atoms with Crippen LogP contribution in [0.4, 0.5) is 0 Å². The molecule has 0 aliphatic heterocycles. The Morgan fingerprint density at radius 1 is 1.30 bits per heavy atom. The van der Waals surface area contributed by atoms with Gasteiger partial charge in [0.1, 0.15) is 0 Å². The Morgan fingerprint density at radius 3 is 2.70 bits per heavy atom. The Balaban J connectivity index is 1.93. The molecule has 0 bridgehead atoms. The van der Waals surface area contributed by atoms with E-state index >= 15 is 0 Å². The van der Waals surface area contributed by atoms with Crippen LogP contribution in [0.3, 0.4) is 0 Å². The Hall–Kier alpha value is -2.02. The molecule has 1 unspecified atom stereocenters. The molecule has 0 radical (unpaired) electrons. The maximum atomic E-state index is 9.98. The van der Waals surface area contributed by atoms with Crippen LogP contribution >= 0.6 is 22.6 Å². The molecule has 27 heavy (non-hydrogen) atoms. The Bertz CT molecular complexity index is 914. The molecule has 0 saturated carbocycles. The Labute approximate surface area is 174 Å². The second-order valence-electron chi connectivity index (χ2n) is 7.08. The number of aryl methyl sites for hydroxylation is 1. The zero-order valence-corrected chi connectivity index (χ0v) is 18.0. The number of hydrogen-bond donors (Lipinski definition) is 2. The molecule has 0 saturated heterocycles. The van der Waals surface area contributed by atoms with Gasteiger partial charge in [0.05, 0.1) is 11.5 Å². The van der Waals surface area contributed by atoms with Crippen LogP contribution in [0.5, 0.6) is 0 Å². The van der Waals surface area contributed by atoms with Gasteiger partial charge in [-0.1, -0.05) is 19.1 Å². The first-order chi connectivity index (χ1) is 12.9. The Morgan fingerprint density at radius 2 is 2.07 bits per heavy atom. The molecule has 4 nitrogen and oxygen atoms in total. The van der Waals surface area contributed by atoms with E-state index in [0.29, 0.717) is 23.1 Å². The molecule has 2 N–H and O–H groups in total. The van der Waals surface area contributed by atoms with Gasteiger partial charge in [0.2, 0.25) is 0 Å². The normalized spacial score (nSPS) is 18.7. The lowest BCUT2D eigenvalue weighted by atomic mass is 9.87. The number of allylic oxidation sites excluding steroid dienone is 3. The summed E-state index contributed by atoms with van der Waals surface area (Å²) < 4.78 is 1.15. The first-order valence-electron chi connectivity index (χ1n) is 9.11. The summed E-state index contributed by atoms with van der Waals surface area (Å²) in [6.07, 6.45) is 7.86. The van der Waals surface area contributed by atoms with Crippen molar-refractivity contribution in [2.45, 2.75) is 39.5 Å². The fraction of sp³-hybridized carbons (Fsp3) is 0.318. The molecule has 5 heteroatoms. The number of aromatic nitrogens is 2. The maximum Gasteiger partial charge on any atom is 0.0988 e. The summed E-state index contributed by atoms with van der Waals surface area (Å²) in [5.41, 5.74) is 5.01. The van der Waals surface area contributed by atoms with Crippen molar-refractivity contribution in [2.24, 2.45) is 5.92 Å². The van der Waals surface area contributed by atoms with Crippen LogP contribution in [0, 0.1) is 11.3 Å². The molecule has 3 rings (SSSR count). The molecule has 140 valence electrons. The van der Waals surface area contributed by atoms with Crippen molar-refractivity contribution in [3.8, 4) is 0 Å². The SMILES string of the molecule is CC(=N)/C(=C(/C)O)c1cnc2c(c1)CCC([C@@H](C)c1ccccn1)C=C2I. The molecule has 0 amide bonds. The first-order valence-corrected chi connectivity index (χ1v) is 10.2. The van der Waals surface area contributed by atoms with Crippen molar-refractivity contribution in [3.63, 3.8) is 0 Å². The topological polar surface area (TPSA) is 69.9 Å². The van der Waals surface area contributed by atoms with Crippen molar-refractivity contribution in [2.75, 3.05) is 0 Å². The molecular weight excluding hydrogens is 449 g/mol. The fourth-order valence-corrected chi connectivity index (χ4v) is 4.63. The van der Waals surface area contributed by atoms with Crippen LogP contribution < -0.4 is 0 Å². The zero-order valence-electron chi connectivity index (χ0n) is 15.8. The summed E-state index contributed by atoms with van der Waals surface area (Å²) in [6.45, 7) is 5.54.